The Morgan fingerprint density at radius 3 is 2.41 bits per heavy atom. The van der Waals surface area contributed by atoms with Gasteiger partial charge in [-0.3, -0.25) is 48.9 Å². The van der Waals surface area contributed by atoms with Gasteiger partial charge >= 0.3 is 0 Å². The first-order valence-electron chi connectivity index (χ1n) is 22.3. The van der Waals surface area contributed by atoms with Crippen LogP contribution >= 0.6 is 11.6 Å². The van der Waals surface area contributed by atoms with E-state index >= 15 is 0 Å². The molecule has 1 aromatic heterocycles. The third-order valence-corrected chi connectivity index (χ3v) is 14.2. The number of rotatable bonds is 10. The number of carbonyl (C=O) groups excluding carboxylic acids is 6. The lowest BCUT2D eigenvalue weighted by molar-refractivity contribution is -0.136. The molecule has 0 spiro atoms. The largest absolute Gasteiger partial charge is 0.489 e. The molecule has 16 heteroatoms. The molecule has 334 valence electrons. The minimum absolute atomic E-state index is 0.0276. The van der Waals surface area contributed by atoms with E-state index in [4.69, 9.17) is 16.3 Å². The molecule has 9 rings (SSSR count). The van der Waals surface area contributed by atoms with Crippen molar-refractivity contribution in [3.63, 3.8) is 0 Å². The maximum atomic E-state index is 14.1. The van der Waals surface area contributed by atoms with Crippen LogP contribution in [0.25, 0.3) is 10.9 Å². The monoisotopic (exact) mass is 891 g/mol. The van der Waals surface area contributed by atoms with E-state index in [0.717, 1.165) is 47.0 Å². The molecule has 3 aromatic carbocycles. The summed E-state index contributed by atoms with van der Waals surface area (Å²) in [6, 6.07) is 16.1. The van der Waals surface area contributed by atoms with Crippen molar-refractivity contribution in [2.45, 2.75) is 76.4 Å². The zero-order valence-corrected chi connectivity index (χ0v) is 36.4. The molecule has 1 aliphatic carbocycles. The zero-order valence-electron chi connectivity index (χ0n) is 35.7. The third kappa shape index (κ3) is 8.79. The summed E-state index contributed by atoms with van der Waals surface area (Å²) in [6.07, 6.45) is 6.64. The molecular weight excluding hydrogens is 841 g/mol. The molecule has 4 fully saturated rings. The van der Waals surface area contributed by atoms with E-state index in [1.807, 2.05) is 22.8 Å². The van der Waals surface area contributed by atoms with Gasteiger partial charge in [-0.15, -0.1) is 0 Å². The number of hydrogen-bond donors (Lipinski definition) is 2. The predicted molar refractivity (Wildman–Crippen MR) is 238 cm³/mol. The smallest absolute Gasteiger partial charge is 0.264 e. The van der Waals surface area contributed by atoms with E-state index < -0.39 is 29.7 Å². The molecule has 14 nitrogen and oxygen atoms in total. The number of fused-ring (bicyclic) bond motifs is 2. The number of halogens is 2. The van der Waals surface area contributed by atoms with Crippen molar-refractivity contribution < 1.29 is 37.9 Å². The Bertz CT molecular complexity index is 2520. The number of pyridine rings is 1. The average molecular weight is 892 g/mol. The number of nitrogens with one attached hydrogen (secondary N) is 2. The van der Waals surface area contributed by atoms with Crippen LogP contribution < -0.4 is 20.3 Å². The minimum Gasteiger partial charge on any atom is -0.489 e. The second kappa shape index (κ2) is 18.3. The first-order chi connectivity index (χ1) is 30.9. The second-order valence-corrected chi connectivity index (χ2v) is 18.1. The summed E-state index contributed by atoms with van der Waals surface area (Å²) in [5.41, 5.74) is 3.64. The number of benzene rings is 3. The quantitative estimate of drug-likeness (QED) is 0.176. The van der Waals surface area contributed by atoms with Crippen molar-refractivity contribution in [3.8, 4) is 5.75 Å². The van der Waals surface area contributed by atoms with Crippen molar-refractivity contribution in [2.75, 3.05) is 56.0 Å². The first-order valence-corrected chi connectivity index (χ1v) is 22.7. The SMILES string of the molecule is C[C@@H](C(=O)Nc1ccc(Cl)c(OC2CCN(C(=O)CN3CCN(c4cccc5c4C(=O)N(C4CCC(=O)NC4=O)C5=O)CC3)CC2)c1)C1CCC(c2ccnc3ccc(F)cc23)CC1. The molecule has 0 bridgehead atoms. The topological polar surface area (TPSA) is 162 Å². The summed E-state index contributed by atoms with van der Waals surface area (Å²) in [5, 5.41) is 6.61. The fourth-order valence-corrected chi connectivity index (χ4v) is 10.3. The Balaban J connectivity index is 0.725. The van der Waals surface area contributed by atoms with Crippen LogP contribution in [0.5, 0.6) is 5.75 Å². The van der Waals surface area contributed by atoms with Crippen molar-refractivity contribution >= 4 is 69.3 Å². The molecule has 5 heterocycles. The van der Waals surface area contributed by atoms with Crippen LogP contribution in [0, 0.1) is 17.7 Å². The lowest BCUT2D eigenvalue weighted by Crippen LogP contribution is -2.54. The number of nitrogens with zero attached hydrogens (tertiary/aromatic N) is 5. The van der Waals surface area contributed by atoms with Gasteiger partial charge < -0.3 is 19.9 Å². The molecule has 2 N–H and O–H groups in total. The van der Waals surface area contributed by atoms with E-state index in [1.54, 1.807) is 54.7 Å². The molecule has 4 aliphatic heterocycles. The third-order valence-electron chi connectivity index (χ3n) is 13.9. The van der Waals surface area contributed by atoms with Gasteiger partial charge in [-0.25, -0.2) is 4.39 Å². The van der Waals surface area contributed by atoms with Crippen molar-refractivity contribution in [3.05, 3.63) is 94.4 Å². The summed E-state index contributed by atoms with van der Waals surface area (Å²) >= 11 is 6.58. The molecule has 64 heavy (non-hydrogen) atoms. The summed E-state index contributed by atoms with van der Waals surface area (Å²) < 4.78 is 20.5. The van der Waals surface area contributed by atoms with Gasteiger partial charge in [0.05, 0.1) is 33.9 Å². The molecule has 5 aliphatic rings. The van der Waals surface area contributed by atoms with Crippen LogP contribution in [0.2, 0.25) is 5.02 Å². The van der Waals surface area contributed by atoms with Gasteiger partial charge in [0.25, 0.3) is 11.8 Å². The predicted octanol–water partition coefficient (Wildman–Crippen LogP) is 6.17. The second-order valence-electron chi connectivity index (χ2n) is 17.7. The van der Waals surface area contributed by atoms with Crippen LogP contribution in [0.3, 0.4) is 0 Å². The highest BCUT2D eigenvalue weighted by Crippen LogP contribution is 2.41. The first kappa shape index (κ1) is 43.3. The lowest BCUT2D eigenvalue weighted by Gasteiger charge is -2.38. The molecule has 3 saturated heterocycles. The fourth-order valence-electron chi connectivity index (χ4n) is 10.2. The summed E-state index contributed by atoms with van der Waals surface area (Å²) in [7, 11) is 0. The molecule has 0 radical (unpaired) electrons. The van der Waals surface area contributed by atoms with Gasteiger partial charge in [-0.1, -0.05) is 24.6 Å². The maximum Gasteiger partial charge on any atom is 0.264 e. The van der Waals surface area contributed by atoms with Gasteiger partial charge in [-0.05, 0) is 98.0 Å². The Kier molecular flexibility index (Phi) is 12.4. The van der Waals surface area contributed by atoms with Crippen LogP contribution in [0.4, 0.5) is 15.8 Å². The van der Waals surface area contributed by atoms with Crippen molar-refractivity contribution in [2.24, 2.45) is 11.8 Å². The normalized spacial score (nSPS) is 22.7. The Labute approximate surface area is 375 Å². The summed E-state index contributed by atoms with van der Waals surface area (Å²) in [6.45, 7) is 5.51. The van der Waals surface area contributed by atoms with Crippen LogP contribution in [-0.4, -0.2) is 113 Å². The Morgan fingerprint density at radius 2 is 1.66 bits per heavy atom. The molecule has 2 atom stereocenters. The van der Waals surface area contributed by atoms with E-state index in [2.05, 4.69) is 20.5 Å². The zero-order chi connectivity index (χ0) is 44.6. The molecule has 4 aromatic rings. The van der Waals surface area contributed by atoms with Crippen LogP contribution in [0.1, 0.15) is 90.5 Å². The summed E-state index contributed by atoms with van der Waals surface area (Å²) in [5.74, 6) is -1.66. The summed E-state index contributed by atoms with van der Waals surface area (Å²) in [4.78, 5) is 89.6. The van der Waals surface area contributed by atoms with E-state index in [1.165, 1.54) is 6.07 Å². The number of aromatic nitrogens is 1. The number of imide groups is 2. The molecular formula is C48H51ClFN7O7. The van der Waals surface area contributed by atoms with Gasteiger partial charge in [0.2, 0.25) is 23.6 Å². The van der Waals surface area contributed by atoms with Crippen molar-refractivity contribution in [1.82, 2.24) is 25.0 Å². The Morgan fingerprint density at radius 1 is 0.891 bits per heavy atom. The lowest BCUT2D eigenvalue weighted by atomic mass is 9.73. The number of carbonyl (C=O) groups is 6. The fraction of sp³-hybridized carbons (Fsp3) is 0.438. The molecule has 1 unspecified atom stereocenters. The highest BCUT2D eigenvalue weighted by atomic mass is 35.5. The number of likely N-dealkylation sites (tertiary alicyclic amines) is 1. The van der Waals surface area contributed by atoms with Crippen molar-refractivity contribution in [1.29, 1.82) is 0 Å². The number of piperazine rings is 1. The van der Waals surface area contributed by atoms with E-state index in [0.29, 0.717) is 80.2 Å². The van der Waals surface area contributed by atoms with E-state index in [9.17, 15) is 33.2 Å². The standard InChI is InChI=1S/C48H51ClFN7O7/c1-28(29-5-7-30(8-6-29)34-15-18-51-38-12-9-31(50)25-36(34)38)45(60)52-32-10-11-37(49)41(26-32)64-33-16-19-56(20-17-33)43(59)27-54-21-23-55(24-22-54)39-4-2-3-35-44(39)48(63)57(47(35)62)40-13-14-42(58)53-46(40)61/h2-4,9-12,15,18,25-26,28-30,33,40H,5-8,13-14,16-17,19-24,27H2,1H3,(H,52,60)(H,53,58,61)/t28-,29?,30?,40?/m1/s1. The van der Waals surface area contributed by atoms with Gasteiger partial charge in [0, 0.05) is 87.8 Å². The number of amides is 6. The van der Waals surface area contributed by atoms with Crippen LogP contribution in [-0.2, 0) is 19.2 Å². The highest BCUT2D eigenvalue weighted by Gasteiger charge is 2.46. The van der Waals surface area contributed by atoms with Gasteiger partial charge in [0.1, 0.15) is 23.7 Å². The van der Waals surface area contributed by atoms with Crippen LogP contribution in [0.15, 0.2) is 66.9 Å². The van der Waals surface area contributed by atoms with E-state index in [-0.39, 0.29) is 66.1 Å². The van der Waals surface area contributed by atoms with Gasteiger partial charge in [0.15, 0.2) is 0 Å². The Hall–Kier alpha value is -5.93. The van der Waals surface area contributed by atoms with Gasteiger partial charge in [-0.2, -0.15) is 0 Å². The number of hydrogen-bond acceptors (Lipinski definition) is 10. The number of piperidine rings is 2. The maximum absolute atomic E-state index is 14.1. The molecule has 6 amide bonds. The average Bonchev–Trinajstić information content (AvgIpc) is 3.55. The highest BCUT2D eigenvalue weighted by molar-refractivity contribution is 6.32. The number of anilines is 2. The minimum atomic E-state index is -1.03. The number of ether oxygens (including phenoxy) is 1. The molecule has 1 saturated carbocycles.